The summed E-state index contributed by atoms with van der Waals surface area (Å²) in [5, 5.41) is 0. The third-order valence-electron chi connectivity index (χ3n) is 1.95. The first-order valence-corrected chi connectivity index (χ1v) is 4.25. The number of hydrogen-bond acceptors (Lipinski definition) is 4. The number of carbonyl (C=O) groups is 2. The predicted octanol–water partition coefficient (Wildman–Crippen LogP) is 1.18. The van der Waals surface area contributed by atoms with Crippen LogP contribution in [0.1, 0.15) is 13.8 Å². The van der Waals surface area contributed by atoms with Gasteiger partial charge in [0.05, 0.1) is 5.57 Å². The van der Waals surface area contributed by atoms with Crippen LogP contribution in [-0.4, -0.2) is 18.5 Å². The maximum absolute atomic E-state index is 11.2. The van der Waals surface area contributed by atoms with Crippen molar-refractivity contribution < 1.29 is 19.1 Å². The van der Waals surface area contributed by atoms with Crippen molar-refractivity contribution in [3.63, 3.8) is 0 Å². The Morgan fingerprint density at radius 1 is 1.64 bits per heavy atom. The molecule has 0 aromatic heterocycles. The molecule has 0 unspecified atom stereocenters. The Balaban J connectivity index is 2.95. The van der Waals surface area contributed by atoms with Crippen LogP contribution >= 0.6 is 0 Å². The molecule has 1 fully saturated rings. The molecular weight excluding hydrogens is 184 g/mol. The van der Waals surface area contributed by atoms with Crippen LogP contribution in [0.5, 0.6) is 0 Å². The van der Waals surface area contributed by atoms with Crippen molar-refractivity contribution in [1.29, 1.82) is 0 Å². The van der Waals surface area contributed by atoms with E-state index in [2.05, 4.69) is 6.58 Å². The van der Waals surface area contributed by atoms with E-state index in [1.54, 1.807) is 13.0 Å². The zero-order valence-electron chi connectivity index (χ0n) is 8.20. The third kappa shape index (κ3) is 2.02. The van der Waals surface area contributed by atoms with Gasteiger partial charge in [0.25, 0.3) is 0 Å². The molecule has 4 heteroatoms. The predicted molar refractivity (Wildman–Crippen MR) is 49.1 cm³/mol. The maximum atomic E-state index is 11.2. The molecular formula is C10H12O4. The molecule has 0 radical (unpaired) electrons. The number of esters is 2. The highest BCUT2D eigenvalue weighted by Crippen LogP contribution is 2.25. The molecule has 1 aliphatic rings. The summed E-state index contributed by atoms with van der Waals surface area (Å²) >= 11 is 0. The highest BCUT2D eigenvalue weighted by molar-refractivity contribution is 5.92. The molecule has 14 heavy (non-hydrogen) atoms. The summed E-state index contributed by atoms with van der Waals surface area (Å²) in [5.74, 6) is -0.766. The molecule has 1 aliphatic heterocycles. The standard InChI is InChI=1S/C10H12O4/c1-4-8-5-13-10(12)9(8)6(2)14-7(3)11/h4,8H,1,5H2,2-3H3/b9-6-/t8-/m1/s1. The van der Waals surface area contributed by atoms with Crippen LogP contribution in [0.2, 0.25) is 0 Å². The average molecular weight is 196 g/mol. The number of ether oxygens (including phenoxy) is 2. The lowest BCUT2D eigenvalue weighted by Crippen LogP contribution is -2.07. The van der Waals surface area contributed by atoms with Gasteiger partial charge >= 0.3 is 11.9 Å². The fraction of sp³-hybridized carbons (Fsp3) is 0.400. The third-order valence-corrected chi connectivity index (χ3v) is 1.95. The van der Waals surface area contributed by atoms with E-state index in [-0.39, 0.29) is 12.5 Å². The van der Waals surface area contributed by atoms with E-state index >= 15 is 0 Å². The second-order valence-corrected chi connectivity index (χ2v) is 3.00. The molecule has 0 aliphatic carbocycles. The summed E-state index contributed by atoms with van der Waals surface area (Å²) in [6, 6.07) is 0. The Kier molecular flexibility index (Phi) is 3.06. The zero-order valence-corrected chi connectivity index (χ0v) is 8.20. The first-order valence-electron chi connectivity index (χ1n) is 4.25. The van der Waals surface area contributed by atoms with Gasteiger partial charge in [0, 0.05) is 12.8 Å². The van der Waals surface area contributed by atoms with Crippen molar-refractivity contribution in [3.8, 4) is 0 Å². The molecule has 0 aromatic carbocycles. The molecule has 0 aromatic rings. The number of hydrogen-bond donors (Lipinski definition) is 0. The molecule has 0 spiro atoms. The molecule has 4 nitrogen and oxygen atoms in total. The number of allylic oxidation sites excluding steroid dienone is 1. The van der Waals surface area contributed by atoms with Crippen LogP contribution in [0, 0.1) is 5.92 Å². The van der Waals surface area contributed by atoms with E-state index in [1.807, 2.05) is 0 Å². The lowest BCUT2D eigenvalue weighted by Gasteiger charge is -2.06. The van der Waals surface area contributed by atoms with Crippen LogP contribution in [-0.2, 0) is 19.1 Å². The summed E-state index contributed by atoms with van der Waals surface area (Å²) in [4.78, 5) is 21.9. The molecule has 0 saturated carbocycles. The van der Waals surface area contributed by atoms with E-state index in [1.165, 1.54) is 6.92 Å². The minimum Gasteiger partial charge on any atom is -0.461 e. The first-order chi connectivity index (χ1) is 6.56. The molecule has 0 amide bonds. The van der Waals surface area contributed by atoms with Gasteiger partial charge in [-0.05, 0) is 6.92 Å². The van der Waals surface area contributed by atoms with Gasteiger partial charge in [0.2, 0.25) is 0 Å². The van der Waals surface area contributed by atoms with Crippen molar-refractivity contribution in [2.45, 2.75) is 13.8 Å². The fourth-order valence-corrected chi connectivity index (χ4v) is 1.34. The second-order valence-electron chi connectivity index (χ2n) is 3.00. The van der Waals surface area contributed by atoms with Gasteiger partial charge in [0.1, 0.15) is 12.4 Å². The van der Waals surface area contributed by atoms with E-state index < -0.39 is 11.9 Å². The van der Waals surface area contributed by atoms with Gasteiger partial charge in [-0.25, -0.2) is 4.79 Å². The van der Waals surface area contributed by atoms with Crippen molar-refractivity contribution in [1.82, 2.24) is 0 Å². The molecule has 76 valence electrons. The van der Waals surface area contributed by atoms with Crippen LogP contribution in [0.3, 0.4) is 0 Å². The minimum atomic E-state index is -0.447. The minimum absolute atomic E-state index is 0.179. The van der Waals surface area contributed by atoms with Gasteiger partial charge in [-0.2, -0.15) is 0 Å². The second kappa shape index (κ2) is 4.09. The summed E-state index contributed by atoms with van der Waals surface area (Å²) in [7, 11) is 0. The monoisotopic (exact) mass is 196 g/mol. The molecule has 1 atom stereocenters. The molecule has 0 bridgehead atoms. The van der Waals surface area contributed by atoms with Gasteiger partial charge in [0.15, 0.2) is 0 Å². The Morgan fingerprint density at radius 2 is 2.29 bits per heavy atom. The van der Waals surface area contributed by atoms with Gasteiger partial charge in [-0.1, -0.05) is 6.08 Å². The Hall–Kier alpha value is -1.58. The molecule has 0 N–H and O–H groups in total. The summed E-state index contributed by atoms with van der Waals surface area (Å²) in [5.41, 5.74) is 0.384. The van der Waals surface area contributed by atoms with Crippen LogP contribution < -0.4 is 0 Å². The van der Waals surface area contributed by atoms with E-state index in [4.69, 9.17) is 9.47 Å². The highest BCUT2D eigenvalue weighted by Gasteiger charge is 2.31. The van der Waals surface area contributed by atoms with Gasteiger partial charge in [-0.15, -0.1) is 6.58 Å². The Labute approximate surface area is 82.2 Å². The maximum Gasteiger partial charge on any atom is 0.338 e. The lowest BCUT2D eigenvalue weighted by molar-refractivity contribution is -0.137. The zero-order chi connectivity index (χ0) is 10.7. The van der Waals surface area contributed by atoms with E-state index in [9.17, 15) is 9.59 Å². The first kappa shape index (κ1) is 10.5. The number of carbonyl (C=O) groups excluding carboxylic acids is 2. The summed E-state index contributed by atoms with van der Waals surface area (Å²) < 4.78 is 9.64. The topological polar surface area (TPSA) is 52.6 Å². The summed E-state index contributed by atoms with van der Waals surface area (Å²) in [6.45, 7) is 6.71. The van der Waals surface area contributed by atoms with Crippen LogP contribution in [0.15, 0.2) is 24.0 Å². The van der Waals surface area contributed by atoms with Gasteiger partial charge in [-0.3, -0.25) is 4.79 Å². The smallest absolute Gasteiger partial charge is 0.338 e. The number of rotatable bonds is 2. The summed E-state index contributed by atoms with van der Waals surface area (Å²) in [6.07, 6.45) is 1.60. The Morgan fingerprint density at radius 3 is 2.79 bits per heavy atom. The lowest BCUT2D eigenvalue weighted by atomic mass is 10.0. The fourth-order valence-electron chi connectivity index (χ4n) is 1.34. The quantitative estimate of drug-likeness (QED) is 0.288. The average Bonchev–Trinajstić information content (AvgIpc) is 2.45. The van der Waals surface area contributed by atoms with Crippen LogP contribution in [0.4, 0.5) is 0 Å². The largest absolute Gasteiger partial charge is 0.461 e. The molecule has 1 heterocycles. The van der Waals surface area contributed by atoms with Crippen molar-refractivity contribution in [2.75, 3.05) is 6.61 Å². The van der Waals surface area contributed by atoms with Crippen molar-refractivity contribution >= 4 is 11.9 Å². The van der Waals surface area contributed by atoms with Crippen molar-refractivity contribution in [3.05, 3.63) is 24.0 Å². The van der Waals surface area contributed by atoms with Gasteiger partial charge < -0.3 is 9.47 Å². The normalized spacial score (nSPS) is 24.1. The van der Waals surface area contributed by atoms with E-state index in [0.717, 1.165) is 0 Å². The number of cyclic esters (lactones) is 1. The Bertz CT molecular complexity index is 314. The SMILES string of the molecule is C=C[C@@H]1COC(=O)/C1=C(/C)OC(C)=O. The van der Waals surface area contributed by atoms with E-state index in [0.29, 0.717) is 11.3 Å². The van der Waals surface area contributed by atoms with Crippen LogP contribution in [0.25, 0.3) is 0 Å². The van der Waals surface area contributed by atoms with Crippen molar-refractivity contribution in [2.24, 2.45) is 5.92 Å². The highest BCUT2D eigenvalue weighted by atomic mass is 16.6. The molecule has 1 rings (SSSR count). The molecule has 1 saturated heterocycles.